The second-order valence-electron chi connectivity index (χ2n) is 5.65. The summed E-state index contributed by atoms with van der Waals surface area (Å²) in [5.74, 6) is 0. The fourth-order valence-electron chi connectivity index (χ4n) is 2.37. The molecule has 3 rings (SSSR count). The first kappa shape index (κ1) is 23.7. The number of hydrogen-bond acceptors (Lipinski definition) is 4. The summed E-state index contributed by atoms with van der Waals surface area (Å²) < 4.78 is 66.2. The van der Waals surface area contributed by atoms with Crippen molar-refractivity contribution in [3.8, 4) is 11.3 Å². The Labute approximate surface area is 197 Å². The molecule has 3 aromatic rings. The smallest absolute Gasteiger partial charge is 0.255 e. The highest BCUT2D eigenvalue weighted by Gasteiger charge is 2.32. The van der Waals surface area contributed by atoms with Gasteiger partial charge in [0.15, 0.2) is 5.13 Å². The molecule has 0 saturated carbocycles. The highest BCUT2D eigenvalue weighted by molar-refractivity contribution is 7.93. The minimum atomic E-state index is -4.63. The van der Waals surface area contributed by atoms with Crippen LogP contribution in [0.3, 0.4) is 0 Å². The summed E-state index contributed by atoms with van der Waals surface area (Å²) in [6.07, 6.45) is -4.63. The number of sulfonamides is 1. The lowest BCUT2D eigenvalue weighted by molar-refractivity contribution is -0.137. The molecule has 1 aromatic heterocycles. The molecular weight excluding hydrogens is 551 g/mol. The molecule has 2 aromatic carbocycles. The van der Waals surface area contributed by atoms with E-state index in [0.29, 0.717) is 12.1 Å². The number of halogens is 8. The van der Waals surface area contributed by atoms with Crippen LogP contribution >= 0.6 is 69.3 Å². The molecule has 0 aliphatic heterocycles. The summed E-state index contributed by atoms with van der Waals surface area (Å²) in [5.41, 5.74) is -0.922. The van der Waals surface area contributed by atoms with Crippen LogP contribution < -0.4 is 4.72 Å². The molecular formula is C16H6Cl5F3N2O2S2. The van der Waals surface area contributed by atoms with Gasteiger partial charge in [0.25, 0.3) is 10.0 Å². The van der Waals surface area contributed by atoms with Crippen molar-refractivity contribution in [2.75, 3.05) is 4.72 Å². The Morgan fingerprint density at radius 1 is 0.900 bits per heavy atom. The summed E-state index contributed by atoms with van der Waals surface area (Å²) in [7, 11) is -4.25. The van der Waals surface area contributed by atoms with Crippen molar-refractivity contribution >= 4 is 84.5 Å². The van der Waals surface area contributed by atoms with Gasteiger partial charge in [-0.05, 0) is 24.3 Å². The van der Waals surface area contributed by atoms with Crippen LogP contribution in [0.1, 0.15) is 5.56 Å². The van der Waals surface area contributed by atoms with E-state index >= 15 is 0 Å². The zero-order valence-electron chi connectivity index (χ0n) is 14.0. The fourth-order valence-corrected chi connectivity index (χ4v) is 6.55. The lowest BCUT2D eigenvalue weighted by Crippen LogP contribution is -2.14. The maximum absolute atomic E-state index is 12.9. The van der Waals surface area contributed by atoms with Gasteiger partial charge < -0.3 is 0 Å². The first-order chi connectivity index (χ1) is 13.8. The average Bonchev–Trinajstić information content (AvgIpc) is 2.99. The van der Waals surface area contributed by atoms with Gasteiger partial charge in [-0.25, -0.2) is 13.4 Å². The monoisotopic (exact) mass is 554 g/mol. The van der Waals surface area contributed by atoms with Crippen LogP contribution in [0.2, 0.25) is 25.1 Å². The van der Waals surface area contributed by atoms with Gasteiger partial charge in [-0.15, -0.1) is 11.3 Å². The second kappa shape index (κ2) is 8.54. The molecule has 30 heavy (non-hydrogen) atoms. The number of hydrogen-bond donors (Lipinski definition) is 1. The summed E-state index contributed by atoms with van der Waals surface area (Å²) in [5, 5.41) is 0.419. The number of nitrogens with zero attached hydrogens (tertiary/aromatic N) is 1. The molecule has 0 saturated heterocycles. The molecule has 0 radical (unpaired) electrons. The minimum Gasteiger partial charge on any atom is -0.255 e. The fraction of sp³-hybridized carbons (Fsp3) is 0.0625. The van der Waals surface area contributed by atoms with E-state index < -0.39 is 26.7 Å². The third kappa shape index (κ3) is 4.93. The summed E-state index contributed by atoms with van der Waals surface area (Å²) >= 11 is 30.5. The molecule has 1 N–H and O–H groups in total. The third-order valence-electron chi connectivity index (χ3n) is 3.58. The van der Waals surface area contributed by atoms with Crippen LogP contribution in [0.15, 0.2) is 34.5 Å². The Morgan fingerprint density at radius 3 is 1.93 bits per heavy atom. The number of aromatic nitrogens is 1. The molecule has 0 atom stereocenters. The zero-order chi connectivity index (χ0) is 22.4. The van der Waals surface area contributed by atoms with Gasteiger partial charge >= 0.3 is 6.18 Å². The van der Waals surface area contributed by atoms with Crippen LogP contribution in [0.5, 0.6) is 0 Å². The van der Waals surface area contributed by atoms with E-state index in [2.05, 4.69) is 9.71 Å². The topological polar surface area (TPSA) is 59.1 Å². The quantitative estimate of drug-likeness (QED) is 0.355. The summed E-state index contributed by atoms with van der Waals surface area (Å²) in [6.45, 7) is 0. The van der Waals surface area contributed by atoms with Crippen molar-refractivity contribution in [1.29, 1.82) is 0 Å². The van der Waals surface area contributed by atoms with Gasteiger partial charge in [-0.2, -0.15) is 13.2 Å². The van der Waals surface area contributed by atoms with Crippen LogP contribution in [-0.2, 0) is 16.2 Å². The van der Waals surface area contributed by atoms with Gasteiger partial charge in [0.05, 0.1) is 31.3 Å². The van der Waals surface area contributed by atoms with Gasteiger partial charge in [0, 0.05) is 16.0 Å². The van der Waals surface area contributed by atoms with Crippen molar-refractivity contribution < 1.29 is 21.6 Å². The molecule has 0 fully saturated rings. The molecule has 0 aliphatic carbocycles. The third-order valence-corrected chi connectivity index (χ3v) is 7.54. The maximum atomic E-state index is 12.9. The van der Waals surface area contributed by atoms with E-state index in [1.165, 1.54) is 17.5 Å². The maximum Gasteiger partial charge on any atom is 0.416 e. The Bertz CT molecular complexity index is 1200. The highest BCUT2D eigenvalue weighted by Crippen LogP contribution is 2.41. The van der Waals surface area contributed by atoms with E-state index in [1.807, 2.05) is 0 Å². The normalized spacial score (nSPS) is 12.3. The summed E-state index contributed by atoms with van der Waals surface area (Å²) in [6, 6.07) is 3.83. The first-order valence-corrected chi connectivity index (χ1v) is 11.7. The summed E-state index contributed by atoms with van der Waals surface area (Å²) in [4.78, 5) is 3.64. The second-order valence-corrected chi connectivity index (χ2v) is 10.2. The molecule has 4 nitrogen and oxygen atoms in total. The van der Waals surface area contributed by atoms with Crippen LogP contribution in [0.4, 0.5) is 18.3 Å². The lowest BCUT2D eigenvalue weighted by atomic mass is 10.1. The van der Waals surface area contributed by atoms with Gasteiger partial charge in [0.1, 0.15) is 4.90 Å². The first-order valence-electron chi connectivity index (χ1n) is 7.49. The molecule has 0 amide bonds. The van der Waals surface area contributed by atoms with Crippen LogP contribution in [0, 0.1) is 0 Å². The van der Waals surface area contributed by atoms with E-state index in [0.717, 1.165) is 11.3 Å². The zero-order valence-corrected chi connectivity index (χ0v) is 19.4. The largest absolute Gasteiger partial charge is 0.416 e. The average molecular weight is 557 g/mol. The Morgan fingerprint density at radius 2 is 1.43 bits per heavy atom. The van der Waals surface area contributed by atoms with Crippen molar-refractivity contribution in [2.45, 2.75) is 11.1 Å². The van der Waals surface area contributed by atoms with E-state index in [1.54, 1.807) is 0 Å². The minimum absolute atomic E-state index is 0.0237. The van der Waals surface area contributed by atoms with Crippen molar-refractivity contribution in [3.05, 3.63) is 60.3 Å². The molecule has 0 aliphatic rings. The number of thiazole rings is 1. The molecule has 1 heterocycles. The van der Waals surface area contributed by atoms with E-state index in [4.69, 9.17) is 58.0 Å². The number of anilines is 1. The van der Waals surface area contributed by atoms with Crippen LogP contribution in [-0.4, -0.2) is 13.4 Å². The van der Waals surface area contributed by atoms with Crippen molar-refractivity contribution in [3.63, 3.8) is 0 Å². The molecule has 0 unspecified atom stereocenters. The van der Waals surface area contributed by atoms with Gasteiger partial charge in [-0.3, -0.25) is 4.72 Å². The van der Waals surface area contributed by atoms with Crippen molar-refractivity contribution in [2.24, 2.45) is 0 Å². The van der Waals surface area contributed by atoms with E-state index in [9.17, 15) is 21.6 Å². The molecule has 0 bridgehead atoms. The van der Waals surface area contributed by atoms with Gasteiger partial charge in [0.2, 0.25) is 0 Å². The number of rotatable bonds is 4. The molecule has 14 heteroatoms. The van der Waals surface area contributed by atoms with Gasteiger partial charge in [-0.1, -0.05) is 58.0 Å². The van der Waals surface area contributed by atoms with Crippen LogP contribution in [0.25, 0.3) is 11.3 Å². The Balaban J connectivity index is 1.97. The standard InChI is InChI=1S/C16H6Cl5F3N2O2S2/c17-7-3-10(20)14(11(21)4-7)30(27,28)26-15-25-12(5-29-15)13-8(18)1-6(2-9(13)19)16(22,23)24/h1-5H,(H,25,26). The van der Waals surface area contributed by atoms with Crippen molar-refractivity contribution in [1.82, 2.24) is 4.98 Å². The Hall–Kier alpha value is -0.940. The van der Waals surface area contributed by atoms with E-state index in [-0.39, 0.29) is 41.5 Å². The SMILES string of the molecule is O=S(=O)(Nc1nc(-c2c(Cl)cc(C(F)(F)F)cc2Cl)cs1)c1c(Cl)cc(Cl)cc1Cl. The lowest BCUT2D eigenvalue weighted by Gasteiger charge is -2.11. The number of alkyl halides is 3. The Kier molecular flexibility index (Phi) is 6.75. The number of nitrogens with one attached hydrogen (secondary N) is 1. The number of benzene rings is 2. The predicted octanol–water partition coefficient (Wildman–Crippen LogP) is 7.90. The molecule has 160 valence electrons. The highest BCUT2D eigenvalue weighted by atomic mass is 35.5. The predicted molar refractivity (Wildman–Crippen MR) is 115 cm³/mol. The molecule has 0 spiro atoms.